The van der Waals surface area contributed by atoms with Crippen molar-refractivity contribution in [1.82, 2.24) is 5.32 Å². The van der Waals surface area contributed by atoms with Crippen LogP contribution >= 0.6 is 34.4 Å². The number of thioether (sulfide) groups is 1. The highest BCUT2D eigenvalue weighted by Gasteiger charge is 2.51. The Morgan fingerprint density at radius 3 is 2.80 bits per heavy atom. The molecule has 0 bridgehead atoms. The summed E-state index contributed by atoms with van der Waals surface area (Å²) in [5.41, 5.74) is 0. The van der Waals surface area contributed by atoms with Crippen LogP contribution in [0.15, 0.2) is 0 Å². The van der Waals surface area contributed by atoms with Crippen molar-refractivity contribution in [3.05, 3.63) is 0 Å². The summed E-state index contributed by atoms with van der Waals surface area (Å²) in [6.07, 6.45) is 1.07. The highest BCUT2D eigenvalue weighted by atomic mass is 127. The molecule has 0 aromatic heterocycles. The van der Waals surface area contributed by atoms with E-state index in [-0.39, 0.29) is 10.7 Å². The molecule has 2 fully saturated rings. The van der Waals surface area contributed by atoms with E-state index in [9.17, 15) is 4.79 Å². The van der Waals surface area contributed by atoms with E-state index >= 15 is 0 Å². The lowest BCUT2D eigenvalue weighted by Gasteiger charge is -2.36. The van der Waals surface area contributed by atoms with Crippen LogP contribution in [0.1, 0.15) is 6.42 Å². The van der Waals surface area contributed by atoms with Crippen LogP contribution in [0.4, 0.5) is 0 Å². The second-order valence-corrected chi connectivity index (χ2v) is 5.95. The quantitative estimate of drug-likeness (QED) is 0.400. The molecule has 2 rings (SSSR count). The largest absolute Gasteiger partial charge is 0.353 e. The number of nitrogens with one attached hydrogen (secondary N) is 1. The number of amides is 1. The van der Waals surface area contributed by atoms with E-state index in [0.29, 0.717) is 3.92 Å². The summed E-state index contributed by atoms with van der Waals surface area (Å²) in [5, 5.41) is 2.80. The number of hydrogen-bond donors (Lipinski definition) is 1. The van der Waals surface area contributed by atoms with Gasteiger partial charge in [-0.25, -0.2) is 0 Å². The maximum Gasteiger partial charge on any atom is 0.238 e. The maximum absolute atomic E-state index is 11.1. The highest BCUT2D eigenvalue weighted by molar-refractivity contribution is 14.1. The predicted molar refractivity (Wildman–Crippen MR) is 50.6 cm³/mol. The van der Waals surface area contributed by atoms with Crippen molar-refractivity contribution in [3.63, 3.8) is 0 Å². The molecule has 0 saturated carbocycles. The Labute approximate surface area is 77.6 Å². The molecular formula is C6H8INOS. The molecule has 1 spiro atoms. The number of carbonyl (C=O) groups is 1. The fourth-order valence-corrected chi connectivity index (χ4v) is 4.27. The Morgan fingerprint density at radius 2 is 2.60 bits per heavy atom. The summed E-state index contributed by atoms with van der Waals surface area (Å²) in [6.45, 7) is 0.899. The molecule has 2 atom stereocenters. The van der Waals surface area contributed by atoms with Crippen molar-refractivity contribution in [1.29, 1.82) is 0 Å². The van der Waals surface area contributed by atoms with Crippen molar-refractivity contribution in [2.45, 2.75) is 15.1 Å². The molecule has 2 heterocycles. The summed E-state index contributed by atoms with van der Waals surface area (Å²) in [4.78, 5) is 11.1. The lowest BCUT2D eigenvalue weighted by atomic mass is 9.96. The van der Waals surface area contributed by atoms with Gasteiger partial charge in [-0.2, -0.15) is 0 Å². The first-order valence-electron chi connectivity index (χ1n) is 3.29. The van der Waals surface area contributed by atoms with E-state index < -0.39 is 0 Å². The minimum absolute atomic E-state index is 0.00581. The fourth-order valence-electron chi connectivity index (χ4n) is 1.36. The lowest BCUT2D eigenvalue weighted by Crippen LogP contribution is -2.61. The summed E-state index contributed by atoms with van der Waals surface area (Å²) >= 11 is 4.25. The number of carbonyl (C=O) groups excluding carboxylic acids is 1. The van der Waals surface area contributed by atoms with E-state index in [0.717, 1.165) is 18.7 Å². The van der Waals surface area contributed by atoms with Crippen LogP contribution in [0.2, 0.25) is 0 Å². The zero-order valence-corrected chi connectivity index (χ0v) is 8.37. The standard InChI is InChI=1S/C6H8INOS/c7-4-1-6(10-2-4)3-8-5(6)9/h4H,1-3H2,(H,8,9). The monoisotopic (exact) mass is 269 g/mol. The molecule has 0 aromatic carbocycles. The minimum atomic E-state index is 0.00581. The van der Waals surface area contributed by atoms with Gasteiger partial charge in [0.2, 0.25) is 5.91 Å². The van der Waals surface area contributed by atoms with Crippen LogP contribution in [0.3, 0.4) is 0 Å². The molecule has 56 valence electrons. The molecule has 4 heteroatoms. The number of hydrogen-bond acceptors (Lipinski definition) is 2. The zero-order valence-electron chi connectivity index (χ0n) is 5.39. The minimum Gasteiger partial charge on any atom is -0.353 e. The van der Waals surface area contributed by atoms with Gasteiger partial charge in [0, 0.05) is 16.2 Å². The summed E-state index contributed by atoms with van der Waals surface area (Å²) in [6, 6.07) is 0. The van der Waals surface area contributed by atoms with E-state index in [1.54, 1.807) is 0 Å². The third kappa shape index (κ3) is 0.879. The first kappa shape index (κ1) is 7.21. The van der Waals surface area contributed by atoms with Crippen LogP contribution < -0.4 is 5.32 Å². The van der Waals surface area contributed by atoms with Crippen molar-refractivity contribution in [3.8, 4) is 0 Å². The molecule has 0 aliphatic carbocycles. The Hall–Kier alpha value is 0.550. The van der Waals surface area contributed by atoms with E-state index in [2.05, 4.69) is 27.9 Å². The average molecular weight is 269 g/mol. The number of rotatable bonds is 0. The van der Waals surface area contributed by atoms with E-state index in [4.69, 9.17) is 0 Å². The Balaban J connectivity index is 2.11. The molecule has 1 amide bonds. The molecule has 2 aliphatic rings. The van der Waals surface area contributed by atoms with Gasteiger partial charge in [-0.1, -0.05) is 22.6 Å². The topological polar surface area (TPSA) is 29.1 Å². The number of β-lactam (4-membered cyclic amide) rings is 1. The third-order valence-electron chi connectivity index (χ3n) is 2.04. The molecule has 10 heavy (non-hydrogen) atoms. The molecule has 2 nitrogen and oxygen atoms in total. The molecule has 1 N–H and O–H groups in total. The van der Waals surface area contributed by atoms with Crippen molar-refractivity contribution >= 4 is 40.3 Å². The normalized spacial score (nSPS) is 45.3. The van der Waals surface area contributed by atoms with E-state index in [1.165, 1.54) is 0 Å². The van der Waals surface area contributed by atoms with Gasteiger partial charge >= 0.3 is 0 Å². The summed E-state index contributed by atoms with van der Waals surface area (Å²) in [5.74, 6) is 1.41. The Morgan fingerprint density at radius 1 is 1.80 bits per heavy atom. The van der Waals surface area contributed by atoms with Crippen LogP contribution in [0.25, 0.3) is 0 Å². The second kappa shape index (κ2) is 2.27. The highest BCUT2D eigenvalue weighted by Crippen LogP contribution is 2.44. The smallest absolute Gasteiger partial charge is 0.238 e. The van der Waals surface area contributed by atoms with Crippen LogP contribution in [-0.2, 0) is 4.79 Å². The van der Waals surface area contributed by atoms with Gasteiger partial charge in [0.05, 0.1) is 0 Å². The van der Waals surface area contributed by atoms with Crippen molar-refractivity contribution < 1.29 is 4.79 Å². The van der Waals surface area contributed by atoms with Gasteiger partial charge in [-0.15, -0.1) is 11.8 Å². The van der Waals surface area contributed by atoms with Crippen molar-refractivity contribution in [2.75, 3.05) is 12.3 Å². The lowest BCUT2D eigenvalue weighted by molar-refractivity contribution is -0.128. The van der Waals surface area contributed by atoms with Gasteiger partial charge in [0.15, 0.2) is 0 Å². The Bertz CT molecular complexity index is 187. The second-order valence-electron chi connectivity index (χ2n) is 2.79. The van der Waals surface area contributed by atoms with Gasteiger partial charge in [0.25, 0.3) is 0 Å². The van der Waals surface area contributed by atoms with E-state index in [1.807, 2.05) is 11.8 Å². The first-order chi connectivity index (χ1) is 4.73. The molecular weight excluding hydrogens is 261 g/mol. The van der Waals surface area contributed by atoms with Gasteiger partial charge in [0.1, 0.15) is 4.75 Å². The maximum atomic E-state index is 11.1. The van der Waals surface area contributed by atoms with Gasteiger partial charge in [-0.3, -0.25) is 4.79 Å². The zero-order chi connectivity index (χ0) is 7.19. The van der Waals surface area contributed by atoms with Crippen LogP contribution in [0.5, 0.6) is 0 Å². The SMILES string of the molecule is O=C1NCC12CC(I)CS2. The molecule has 2 unspecified atom stereocenters. The van der Waals surface area contributed by atoms with Crippen LogP contribution in [0, 0.1) is 0 Å². The van der Waals surface area contributed by atoms with Gasteiger partial charge < -0.3 is 5.32 Å². The number of halogens is 1. The first-order valence-corrected chi connectivity index (χ1v) is 5.52. The average Bonchev–Trinajstić information content (AvgIpc) is 2.31. The molecule has 0 aromatic rings. The Kier molecular flexibility index (Phi) is 1.63. The summed E-state index contributed by atoms with van der Waals surface area (Å²) in [7, 11) is 0. The summed E-state index contributed by atoms with van der Waals surface area (Å²) < 4.78 is 0.708. The molecule has 2 aliphatic heterocycles. The molecule has 2 saturated heterocycles. The third-order valence-corrected chi connectivity index (χ3v) is 5.14. The fraction of sp³-hybridized carbons (Fsp3) is 0.833. The predicted octanol–water partition coefficient (Wildman–Crippen LogP) is 0.795. The molecule has 0 radical (unpaired) electrons. The van der Waals surface area contributed by atoms with Crippen LogP contribution in [-0.4, -0.2) is 26.9 Å². The van der Waals surface area contributed by atoms with Crippen molar-refractivity contribution in [2.24, 2.45) is 0 Å². The van der Waals surface area contributed by atoms with Gasteiger partial charge in [-0.05, 0) is 6.42 Å². The number of alkyl halides is 1.